The summed E-state index contributed by atoms with van der Waals surface area (Å²) in [5.74, 6) is -0.579. The van der Waals surface area contributed by atoms with E-state index in [1.807, 2.05) is 4.90 Å². The molecular formula is C16H17F3N4O. The summed E-state index contributed by atoms with van der Waals surface area (Å²) >= 11 is 0. The number of carbonyl (C=O) groups excluding carboxylic acids is 1. The number of amides is 1. The van der Waals surface area contributed by atoms with Crippen LogP contribution in [0.15, 0.2) is 36.5 Å². The number of para-hydroxylation sites is 1. The van der Waals surface area contributed by atoms with Crippen LogP contribution in [-0.2, 0) is 0 Å². The van der Waals surface area contributed by atoms with Gasteiger partial charge < -0.3 is 10.2 Å². The van der Waals surface area contributed by atoms with Crippen LogP contribution >= 0.6 is 0 Å². The molecule has 0 aliphatic carbocycles. The number of alkyl halides is 2. The molecule has 1 N–H and O–H groups in total. The van der Waals surface area contributed by atoms with Gasteiger partial charge in [0.25, 0.3) is 5.91 Å². The molecule has 5 nitrogen and oxygen atoms in total. The number of carbonyl (C=O) groups is 1. The van der Waals surface area contributed by atoms with Crippen molar-refractivity contribution < 1.29 is 18.0 Å². The number of rotatable bonds is 5. The maximum Gasteiger partial charge on any atom is 0.333 e. The largest absolute Gasteiger partial charge is 0.369 e. The summed E-state index contributed by atoms with van der Waals surface area (Å²) in [6.45, 7) is -1.03. The third-order valence-electron chi connectivity index (χ3n) is 4.07. The SMILES string of the molecule is O=C(NCC1CCN(c2ccccc2F)C1)c1ccn(C(F)F)n1. The Bertz CT molecular complexity index is 719. The monoisotopic (exact) mass is 338 g/mol. The predicted molar refractivity (Wildman–Crippen MR) is 82.5 cm³/mol. The molecule has 1 atom stereocenters. The fraction of sp³-hybridized carbons (Fsp3) is 0.375. The summed E-state index contributed by atoms with van der Waals surface area (Å²) in [5.41, 5.74) is 0.515. The van der Waals surface area contributed by atoms with Gasteiger partial charge in [0.05, 0.1) is 5.69 Å². The first-order valence-electron chi connectivity index (χ1n) is 7.65. The smallest absolute Gasteiger partial charge is 0.333 e. The molecule has 24 heavy (non-hydrogen) atoms. The quantitative estimate of drug-likeness (QED) is 0.912. The van der Waals surface area contributed by atoms with E-state index >= 15 is 0 Å². The van der Waals surface area contributed by atoms with Crippen LogP contribution in [-0.4, -0.2) is 35.3 Å². The van der Waals surface area contributed by atoms with Crippen molar-refractivity contribution in [3.8, 4) is 0 Å². The minimum absolute atomic E-state index is 0.0424. The number of nitrogens with one attached hydrogen (secondary N) is 1. The van der Waals surface area contributed by atoms with Crippen LogP contribution in [0.1, 0.15) is 23.5 Å². The van der Waals surface area contributed by atoms with Gasteiger partial charge in [-0.3, -0.25) is 4.79 Å². The molecule has 8 heteroatoms. The van der Waals surface area contributed by atoms with Crippen molar-refractivity contribution in [2.75, 3.05) is 24.5 Å². The highest BCUT2D eigenvalue weighted by Crippen LogP contribution is 2.25. The van der Waals surface area contributed by atoms with Crippen molar-refractivity contribution in [3.05, 3.63) is 48.0 Å². The molecule has 1 aliphatic heterocycles. The van der Waals surface area contributed by atoms with Crippen LogP contribution in [0, 0.1) is 11.7 Å². The molecule has 1 aromatic carbocycles. The van der Waals surface area contributed by atoms with Crippen LogP contribution in [0.4, 0.5) is 18.9 Å². The number of halogens is 3. The number of aromatic nitrogens is 2. The molecular weight excluding hydrogens is 321 g/mol. The average Bonchev–Trinajstić information content (AvgIpc) is 3.22. The minimum atomic E-state index is -2.77. The van der Waals surface area contributed by atoms with E-state index in [0.29, 0.717) is 30.0 Å². The molecule has 1 amide bonds. The lowest BCUT2D eigenvalue weighted by atomic mass is 10.1. The van der Waals surface area contributed by atoms with Gasteiger partial charge in [0.2, 0.25) is 0 Å². The van der Waals surface area contributed by atoms with Gasteiger partial charge >= 0.3 is 6.55 Å². The van der Waals surface area contributed by atoms with Crippen LogP contribution < -0.4 is 10.2 Å². The van der Waals surface area contributed by atoms with Crippen molar-refractivity contribution in [1.29, 1.82) is 0 Å². The zero-order valence-electron chi connectivity index (χ0n) is 12.8. The Hall–Kier alpha value is -2.51. The van der Waals surface area contributed by atoms with Gasteiger partial charge in [0, 0.05) is 25.8 Å². The van der Waals surface area contributed by atoms with Crippen molar-refractivity contribution in [3.63, 3.8) is 0 Å². The zero-order valence-corrected chi connectivity index (χ0v) is 12.8. The molecule has 0 saturated carbocycles. The van der Waals surface area contributed by atoms with Gasteiger partial charge in [-0.25, -0.2) is 9.07 Å². The second-order valence-electron chi connectivity index (χ2n) is 5.72. The molecule has 2 heterocycles. The van der Waals surface area contributed by atoms with Gasteiger partial charge in [-0.15, -0.1) is 0 Å². The highest BCUT2D eigenvalue weighted by atomic mass is 19.3. The second kappa shape index (κ2) is 6.94. The number of hydrogen-bond acceptors (Lipinski definition) is 3. The first-order chi connectivity index (χ1) is 11.5. The van der Waals surface area contributed by atoms with E-state index in [1.165, 1.54) is 12.1 Å². The zero-order chi connectivity index (χ0) is 17.1. The van der Waals surface area contributed by atoms with Crippen LogP contribution in [0.2, 0.25) is 0 Å². The first kappa shape index (κ1) is 16.4. The maximum atomic E-state index is 13.8. The second-order valence-corrected chi connectivity index (χ2v) is 5.72. The Morgan fingerprint density at radius 2 is 2.12 bits per heavy atom. The van der Waals surface area contributed by atoms with Gasteiger partial charge in [-0.2, -0.15) is 13.9 Å². The van der Waals surface area contributed by atoms with Crippen molar-refractivity contribution in [2.45, 2.75) is 13.0 Å². The Balaban J connectivity index is 1.52. The number of benzene rings is 1. The van der Waals surface area contributed by atoms with E-state index in [0.717, 1.165) is 12.6 Å². The standard InChI is InChI=1S/C16H17F3N4O/c17-12-3-1-2-4-14(12)22-7-5-11(10-22)9-20-15(24)13-6-8-23(21-13)16(18)19/h1-4,6,8,11,16H,5,7,9-10H2,(H,20,24). The van der Waals surface area contributed by atoms with E-state index in [9.17, 15) is 18.0 Å². The molecule has 1 unspecified atom stereocenters. The Morgan fingerprint density at radius 1 is 1.33 bits per heavy atom. The lowest BCUT2D eigenvalue weighted by Crippen LogP contribution is -2.31. The van der Waals surface area contributed by atoms with Gasteiger partial charge in [-0.1, -0.05) is 12.1 Å². The van der Waals surface area contributed by atoms with E-state index < -0.39 is 12.5 Å². The number of nitrogens with zero attached hydrogens (tertiary/aromatic N) is 3. The first-order valence-corrected chi connectivity index (χ1v) is 7.65. The van der Waals surface area contributed by atoms with E-state index in [4.69, 9.17) is 0 Å². The average molecular weight is 338 g/mol. The maximum absolute atomic E-state index is 13.8. The molecule has 1 saturated heterocycles. The molecule has 128 valence electrons. The molecule has 0 bridgehead atoms. The number of hydrogen-bond donors (Lipinski definition) is 1. The van der Waals surface area contributed by atoms with Gasteiger partial charge in [0.1, 0.15) is 11.5 Å². The summed E-state index contributed by atoms with van der Waals surface area (Å²) < 4.78 is 39.1. The molecule has 3 rings (SSSR count). The minimum Gasteiger partial charge on any atom is -0.369 e. The van der Waals surface area contributed by atoms with E-state index in [-0.39, 0.29) is 17.4 Å². The fourth-order valence-electron chi connectivity index (χ4n) is 2.82. The van der Waals surface area contributed by atoms with Crippen LogP contribution in [0.5, 0.6) is 0 Å². The summed E-state index contributed by atoms with van der Waals surface area (Å²) in [5, 5.41) is 6.22. The fourth-order valence-corrected chi connectivity index (χ4v) is 2.82. The number of anilines is 1. The Morgan fingerprint density at radius 3 is 2.83 bits per heavy atom. The summed E-state index contributed by atoms with van der Waals surface area (Å²) in [6.07, 6.45) is 1.88. The Labute approximate surface area is 137 Å². The summed E-state index contributed by atoms with van der Waals surface area (Å²) in [6, 6.07) is 7.83. The molecule has 1 aromatic heterocycles. The third kappa shape index (κ3) is 3.52. The van der Waals surface area contributed by atoms with Gasteiger partial charge in [0.15, 0.2) is 0 Å². The molecule has 2 aromatic rings. The molecule has 0 radical (unpaired) electrons. The lowest BCUT2D eigenvalue weighted by molar-refractivity contribution is 0.0560. The van der Waals surface area contributed by atoms with E-state index in [1.54, 1.807) is 18.2 Å². The summed E-state index contributed by atoms with van der Waals surface area (Å²) in [4.78, 5) is 13.9. The van der Waals surface area contributed by atoms with Gasteiger partial charge in [-0.05, 0) is 30.5 Å². The highest BCUT2D eigenvalue weighted by Gasteiger charge is 2.25. The normalized spacial score (nSPS) is 17.5. The molecule has 0 spiro atoms. The third-order valence-corrected chi connectivity index (χ3v) is 4.07. The predicted octanol–water partition coefficient (Wildman–Crippen LogP) is 2.67. The highest BCUT2D eigenvalue weighted by molar-refractivity contribution is 5.92. The summed E-state index contributed by atoms with van der Waals surface area (Å²) in [7, 11) is 0. The van der Waals surface area contributed by atoms with E-state index in [2.05, 4.69) is 10.4 Å². The van der Waals surface area contributed by atoms with Crippen LogP contribution in [0.3, 0.4) is 0 Å². The lowest BCUT2D eigenvalue weighted by Gasteiger charge is -2.19. The molecule has 1 fully saturated rings. The Kier molecular flexibility index (Phi) is 4.73. The van der Waals surface area contributed by atoms with Crippen molar-refractivity contribution in [2.24, 2.45) is 5.92 Å². The van der Waals surface area contributed by atoms with Crippen LogP contribution in [0.25, 0.3) is 0 Å². The molecule has 1 aliphatic rings. The topological polar surface area (TPSA) is 50.2 Å². The van der Waals surface area contributed by atoms with Crippen molar-refractivity contribution >= 4 is 11.6 Å². The van der Waals surface area contributed by atoms with Crippen molar-refractivity contribution in [1.82, 2.24) is 15.1 Å².